The molecular weight excluding hydrogens is 402 g/mol. The molecule has 4 rings (SSSR count). The van der Waals surface area contributed by atoms with E-state index in [0.29, 0.717) is 40.6 Å². The lowest BCUT2D eigenvalue weighted by Gasteiger charge is -2.26. The van der Waals surface area contributed by atoms with Crippen LogP contribution in [0.15, 0.2) is 36.4 Å². The number of rotatable bonds is 7. The minimum absolute atomic E-state index is 0.146. The molecule has 2 aliphatic heterocycles. The minimum atomic E-state index is -0.303. The van der Waals surface area contributed by atoms with Crippen LogP contribution in [0.5, 0.6) is 17.2 Å². The molecule has 0 bridgehead atoms. The van der Waals surface area contributed by atoms with Gasteiger partial charge in [0.1, 0.15) is 5.75 Å². The molecular formula is C22H25N3O6. The lowest BCUT2D eigenvalue weighted by molar-refractivity contribution is 0.0383. The number of carbonyl (C=O) groups is 2. The number of morpholine rings is 1. The fourth-order valence-corrected chi connectivity index (χ4v) is 3.45. The van der Waals surface area contributed by atoms with Crippen molar-refractivity contribution >= 4 is 17.5 Å². The van der Waals surface area contributed by atoms with E-state index in [9.17, 15) is 9.59 Å². The van der Waals surface area contributed by atoms with E-state index in [4.69, 9.17) is 18.9 Å². The van der Waals surface area contributed by atoms with Crippen molar-refractivity contribution in [3.05, 3.63) is 47.5 Å². The highest BCUT2D eigenvalue weighted by Gasteiger charge is 2.18. The molecule has 164 valence electrons. The topological polar surface area (TPSA) is 98.4 Å². The summed E-state index contributed by atoms with van der Waals surface area (Å²) < 4.78 is 21.3. The second-order valence-electron chi connectivity index (χ2n) is 7.15. The average Bonchev–Trinajstić information content (AvgIpc) is 3.27. The number of amides is 2. The molecule has 0 spiro atoms. The van der Waals surface area contributed by atoms with Gasteiger partial charge in [-0.15, -0.1) is 0 Å². The van der Waals surface area contributed by atoms with Crippen LogP contribution in [0, 0.1) is 0 Å². The summed E-state index contributed by atoms with van der Waals surface area (Å²) in [6.07, 6.45) is 0. The summed E-state index contributed by atoms with van der Waals surface area (Å²) in [6.45, 7) is 4.63. The second kappa shape index (κ2) is 9.67. The third kappa shape index (κ3) is 5.07. The number of carbonyl (C=O) groups excluding carboxylic acids is 2. The van der Waals surface area contributed by atoms with Gasteiger partial charge in [0.15, 0.2) is 11.5 Å². The number of methoxy groups -OCH3 is 1. The maximum absolute atomic E-state index is 12.6. The van der Waals surface area contributed by atoms with Gasteiger partial charge >= 0.3 is 0 Å². The lowest BCUT2D eigenvalue weighted by Crippen LogP contribution is -2.41. The van der Waals surface area contributed by atoms with E-state index in [1.807, 2.05) is 0 Å². The average molecular weight is 427 g/mol. The van der Waals surface area contributed by atoms with E-state index in [0.717, 1.165) is 32.8 Å². The molecule has 0 radical (unpaired) electrons. The molecule has 1 fully saturated rings. The summed E-state index contributed by atoms with van der Waals surface area (Å²) in [5, 5.41) is 5.73. The summed E-state index contributed by atoms with van der Waals surface area (Å²) in [5.74, 6) is 1.01. The quantitative estimate of drug-likeness (QED) is 0.695. The highest BCUT2D eigenvalue weighted by molar-refractivity contribution is 6.05. The van der Waals surface area contributed by atoms with E-state index in [-0.39, 0.29) is 18.6 Å². The van der Waals surface area contributed by atoms with E-state index in [1.165, 1.54) is 7.11 Å². The van der Waals surface area contributed by atoms with Gasteiger partial charge in [-0.1, -0.05) is 0 Å². The molecule has 2 N–H and O–H groups in total. The van der Waals surface area contributed by atoms with Crippen LogP contribution in [0.25, 0.3) is 0 Å². The summed E-state index contributed by atoms with van der Waals surface area (Å²) in [6, 6.07) is 9.92. The van der Waals surface area contributed by atoms with Crippen LogP contribution in [0.2, 0.25) is 0 Å². The second-order valence-corrected chi connectivity index (χ2v) is 7.15. The zero-order valence-corrected chi connectivity index (χ0v) is 17.3. The number of ether oxygens (including phenoxy) is 4. The minimum Gasteiger partial charge on any atom is -0.496 e. The van der Waals surface area contributed by atoms with Crippen molar-refractivity contribution in [3.63, 3.8) is 0 Å². The molecule has 0 aliphatic carbocycles. The normalized spacial score (nSPS) is 15.4. The van der Waals surface area contributed by atoms with Gasteiger partial charge in [0.05, 0.1) is 25.9 Å². The predicted molar refractivity (Wildman–Crippen MR) is 113 cm³/mol. The zero-order valence-electron chi connectivity index (χ0n) is 17.3. The van der Waals surface area contributed by atoms with Gasteiger partial charge in [0, 0.05) is 43.5 Å². The first kappa shape index (κ1) is 21.0. The van der Waals surface area contributed by atoms with E-state index >= 15 is 0 Å². The SMILES string of the molecule is COc1cc(NC(=O)c2ccc3c(c2)OCO3)ccc1C(=O)NCCN1CCOCC1. The number of nitrogens with one attached hydrogen (secondary N) is 2. The molecule has 9 nitrogen and oxygen atoms in total. The van der Waals surface area contributed by atoms with E-state index < -0.39 is 0 Å². The van der Waals surface area contributed by atoms with Crippen molar-refractivity contribution in [3.8, 4) is 17.2 Å². The molecule has 0 saturated carbocycles. The Morgan fingerprint density at radius 3 is 2.65 bits per heavy atom. The highest BCUT2D eigenvalue weighted by Crippen LogP contribution is 2.33. The molecule has 2 aromatic carbocycles. The van der Waals surface area contributed by atoms with Gasteiger partial charge in [0.25, 0.3) is 11.8 Å². The maximum atomic E-state index is 12.6. The Hall–Kier alpha value is -3.30. The molecule has 0 unspecified atom stereocenters. The summed E-state index contributed by atoms with van der Waals surface area (Å²) in [7, 11) is 1.49. The fourth-order valence-electron chi connectivity index (χ4n) is 3.45. The Balaban J connectivity index is 1.36. The third-order valence-electron chi connectivity index (χ3n) is 5.16. The highest BCUT2D eigenvalue weighted by atomic mass is 16.7. The number of fused-ring (bicyclic) bond motifs is 1. The van der Waals surface area contributed by atoms with Crippen molar-refractivity contribution in [1.82, 2.24) is 10.2 Å². The standard InChI is InChI=1S/C22H25N3O6/c1-28-19-13-16(24-21(26)15-2-5-18-20(12-15)31-14-30-18)3-4-17(19)22(27)23-6-7-25-8-10-29-11-9-25/h2-5,12-13H,6-11,14H2,1H3,(H,23,27)(H,24,26). The van der Waals surface area contributed by atoms with Gasteiger partial charge in [-0.3, -0.25) is 14.5 Å². The maximum Gasteiger partial charge on any atom is 0.255 e. The smallest absolute Gasteiger partial charge is 0.255 e. The molecule has 2 aromatic rings. The number of benzene rings is 2. The first-order valence-corrected chi connectivity index (χ1v) is 10.1. The lowest BCUT2D eigenvalue weighted by atomic mass is 10.1. The van der Waals surface area contributed by atoms with Crippen LogP contribution < -0.4 is 24.8 Å². The third-order valence-corrected chi connectivity index (χ3v) is 5.16. The van der Waals surface area contributed by atoms with Gasteiger partial charge in [-0.2, -0.15) is 0 Å². The Bertz CT molecular complexity index is 958. The van der Waals surface area contributed by atoms with Gasteiger partial charge in [-0.25, -0.2) is 0 Å². The van der Waals surface area contributed by atoms with Crippen LogP contribution in [0.3, 0.4) is 0 Å². The van der Waals surface area contributed by atoms with Crippen molar-refractivity contribution in [2.24, 2.45) is 0 Å². The molecule has 0 atom stereocenters. The van der Waals surface area contributed by atoms with Gasteiger partial charge in [-0.05, 0) is 30.3 Å². The summed E-state index contributed by atoms with van der Waals surface area (Å²) in [5.41, 5.74) is 1.36. The molecule has 0 aromatic heterocycles. The van der Waals surface area contributed by atoms with Crippen LogP contribution in [-0.2, 0) is 4.74 Å². The predicted octanol–water partition coefficient (Wildman–Crippen LogP) is 1.74. The number of hydrogen-bond acceptors (Lipinski definition) is 7. The Kier molecular flexibility index (Phi) is 6.54. The molecule has 31 heavy (non-hydrogen) atoms. The molecule has 1 saturated heterocycles. The van der Waals surface area contributed by atoms with Gasteiger partial charge in [0.2, 0.25) is 6.79 Å². The van der Waals surface area contributed by atoms with Crippen molar-refractivity contribution in [2.75, 3.05) is 58.6 Å². The first-order valence-electron chi connectivity index (χ1n) is 10.1. The summed E-state index contributed by atoms with van der Waals surface area (Å²) in [4.78, 5) is 27.4. The van der Waals surface area contributed by atoms with Crippen LogP contribution in [0.4, 0.5) is 5.69 Å². The summed E-state index contributed by atoms with van der Waals surface area (Å²) >= 11 is 0. The first-order chi connectivity index (χ1) is 15.1. The Morgan fingerprint density at radius 2 is 1.84 bits per heavy atom. The van der Waals surface area contributed by atoms with E-state index in [1.54, 1.807) is 36.4 Å². The Labute approximate surface area is 180 Å². The number of nitrogens with zero attached hydrogens (tertiary/aromatic N) is 1. The molecule has 2 heterocycles. The van der Waals surface area contributed by atoms with Crippen molar-refractivity contribution in [2.45, 2.75) is 0 Å². The molecule has 2 aliphatic rings. The number of hydrogen-bond donors (Lipinski definition) is 2. The fraction of sp³-hybridized carbons (Fsp3) is 0.364. The number of anilines is 1. The van der Waals surface area contributed by atoms with Gasteiger partial charge < -0.3 is 29.6 Å². The molecule has 2 amide bonds. The zero-order chi connectivity index (χ0) is 21.6. The largest absolute Gasteiger partial charge is 0.496 e. The van der Waals surface area contributed by atoms with E-state index in [2.05, 4.69) is 15.5 Å². The van der Waals surface area contributed by atoms with Crippen LogP contribution in [-0.4, -0.2) is 70.0 Å². The van der Waals surface area contributed by atoms with Crippen molar-refractivity contribution < 1.29 is 28.5 Å². The Morgan fingerprint density at radius 1 is 1.03 bits per heavy atom. The van der Waals surface area contributed by atoms with Crippen LogP contribution >= 0.6 is 0 Å². The molecule has 9 heteroatoms. The van der Waals surface area contributed by atoms with Crippen molar-refractivity contribution in [1.29, 1.82) is 0 Å². The van der Waals surface area contributed by atoms with Crippen LogP contribution in [0.1, 0.15) is 20.7 Å². The monoisotopic (exact) mass is 427 g/mol.